The van der Waals surface area contributed by atoms with E-state index in [0.717, 1.165) is 0 Å². The normalized spacial score (nSPS) is 25.6. The number of aliphatic hydroxyl groups excluding tert-OH is 3. The third-order valence-corrected chi connectivity index (χ3v) is 5.26. The molecule has 5 atom stereocenters. The highest BCUT2D eigenvalue weighted by Crippen LogP contribution is 2.43. The molecule has 0 aliphatic carbocycles. The Balaban J connectivity index is 1.98. The van der Waals surface area contributed by atoms with Crippen molar-refractivity contribution in [1.82, 2.24) is 0 Å². The number of aliphatic hydroxyl groups is 3. The number of benzene rings is 1. The topological polar surface area (TPSA) is 157 Å². The number of allylic oxidation sites excluding steroid dienone is 2. The third-order valence-electron chi connectivity index (χ3n) is 5.26. The maximum atomic E-state index is 12.5. The molecule has 1 aromatic carbocycles. The zero-order valence-electron chi connectivity index (χ0n) is 18.5. The molecular formula is C22H28O11. The largest absolute Gasteiger partial charge is 0.504 e. The lowest BCUT2D eigenvalue weighted by Gasteiger charge is -2.40. The van der Waals surface area contributed by atoms with Gasteiger partial charge in [-0.2, -0.15) is 0 Å². The number of hydrogen-bond acceptors (Lipinski definition) is 11. The molecule has 182 valence electrons. The van der Waals surface area contributed by atoms with E-state index in [-0.39, 0.29) is 16.9 Å². The number of methoxy groups -OCH3 is 1. The van der Waals surface area contributed by atoms with Gasteiger partial charge in [0.05, 0.1) is 20.8 Å². The Labute approximate surface area is 189 Å². The van der Waals surface area contributed by atoms with Gasteiger partial charge in [0.25, 0.3) is 0 Å². The van der Waals surface area contributed by atoms with E-state index in [1.807, 2.05) is 19.1 Å². The molecule has 0 saturated carbocycles. The molecule has 3 rings (SSSR count). The number of hydrogen-bond donors (Lipinski definition) is 4. The van der Waals surface area contributed by atoms with Crippen molar-refractivity contribution in [3.8, 4) is 17.2 Å². The quantitative estimate of drug-likeness (QED) is 0.234. The Kier molecular flexibility index (Phi) is 8.30. The summed E-state index contributed by atoms with van der Waals surface area (Å²) in [5.41, 5.74) is -0.741. The maximum absolute atomic E-state index is 12.5. The second kappa shape index (κ2) is 11.0. The fourth-order valence-electron chi connectivity index (χ4n) is 3.65. The van der Waals surface area contributed by atoms with Crippen molar-refractivity contribution < 1.29 is 48.8 Å². The smallest absolute Gasteiger partial charge is 0.347 e. The minimum atomic E-state index is -1.60. The minimum absolute atomic E-state index is 0.0634. The molecule has 0 amide bonds. The summed E-state index contributed by atoms with van der Waals surface area (Å²) in [6, 6.07) is 3.02. The van der Waals surface area contributed by atoms with Crippen LogP contribution in [-0.2, 0) is 20.9 Å². The average molecular weight is 468 g/mol. The lowest BCUT2D eigenvalue weighted by Crippen LogP contribution is -2.60. The van der Waals surface area contributed by atoms with E-state index >= 15 is 0 Å². The summed E-state index contributed by atoms with van der Waals surface area (Å²) in [5, 5.41) is 41.3. The Morgan fingerprint density at radius 2 is 1.94 bits per heavy atom. The summed E-state index contributed by atoms with van der Waals surface area (Å²) in [6.45, 7) is 1.32. The highest BCUT2D eigenvalue weighted by Gasteiger charge is 2.47. The highest BCUT2D eigenvalue weighted by molar-refractivity contribution is 5.91. The van der Waals surface area contributed by atoms with Gasteiger partial charge in [-0.15, -0.1) is 0 Å². The van der Waals surface area contributed by atoms with Gasteiger partial charge in [-0.3, -0.25) is 0 Å². The SMILES string of the molecule is C/C=C/CCc1cc2cc(O[C@@H]3O[C@H](CO)[C@@H](OOC)[C@H](O)[C@H]3O)c(OC)c(O)c2c(=O)o1. The van der Waals surface area contributed by atoms with Crippen LogP contribution < -0.4 is 15.1 Å². The fraction of sp³-hybridized carbons (Fsp3) is 0.500. The molecule has 2 aromatic rings. The second-order valence-corrected chi connectivity index (χ2v) is 7.38. The van der Waals surface area contributed by atoms with Gasteiger partial charge >= 0.3 is 5.63 Å². The first-order chi connectivity index (χ1) is 15.9. The number of ether oxygens (including phenoxy) is 3. The van der Waals surface area contributed by atoms with Gasteiger partial charge in [-0.1, -0.05) is 12.2 Å². The maximum Gasteiger partial charge on any atom is 0.347 e. The van der Waals surface area contributed by atoms with E-state index in [0.29, 0.717) is 24.0 Å². The Bertz CT molecular complexity index is 1030. The van der Waals surface area contributed by atoms with Gasteiger partial charge < -0.3 is 39.1 Å². The van der Waals surface area contributed by atoms with E-state index in [4.69, 9.17) is 23.5 Å². The van der Waals surface area contributed by atoms with Crippen molar-refractivity contribution in [2.24, 2.45) is 0 Å². The molecule has 11 heteroatoms. The van der Waals surface area contributed by atoms with Crippen molar-refractivity contribution in [2.45, 2.75) is 50.5 Å². The fourth-order valence-corrected chi connectivity index (χ4v) is 3.65. The summed E-state index contributed by atoms with van der Waals surface area (Å²) >= 11 is 0. The Hall–Kier alpha value is -2.67. The number of aryl methyl sites for hydroxylation is 1. The molecule has 11 nitrogen and oxygen atoms in total. The molecule has 1 aliphatic rings. The van der Waals surface area contributed by atoms with E-state index < -0.39 is 48.7 Å². The van der Waals surface area contributed by atoms with E-state index in [2.05, 4.69) is 4.89 Å². The first kappa shape index (κ1) is 25.0. The molecule has 2 heterocycles. The lowest BCUT2D eigenvalue weighted by molar-refractivity contribution is -0.379. The van der Waals surface area contributed by atoms with Gasteiger partial charge in [0, 0.05) is 11.8 Å². The van der Waals surface area contributed by atoms with Crippen LogP contribution in [0.1, 0.15) is 19.1 Å². The van der Waals surface area contributed by atoms with Crippen molar-refractivity contribution in [1.29, 1.82) is 0 Å². The molecule has 0 bridgehead atoms. The van der Waals surface area contributed by atoms with Crippen LogP contribution in [0, 0.1) is 0 Å². The third kappa shape index (κ3) is 5.13. The van der Waals surface area contributed by atoms with Crippen LogP contribution >= 0.6 is 0 Å². The van der Waals surface area contributed by atoms with Crippen LogP contribution in [0.3, 0.4) is 0 Å². The number of aromatic hydroxyl groups is 1. The van der Waals surface area contributed by atoms with Crippen molar-refractivity contribution in [2.75, 3.05) is 20.8 Å². The number of rotatable bonds is 9. The number of phenols is 1. The first-order valence-electron chi connectivity index (χ1n) is 10.3. The zero-order valence-corrected chi connectivity index (χ0v) is 18.5. The van der Waals surface area contributed by atoms with E-state index in [9.17, 15) is 25.2 Å². The average Bonchev–Trinajstić information content (AvgIpc) is 2.78. The summed E-state index contributed by atoms with van der Waals surface area (Å²) in [7, 11) is 2.47. The zero-order chi connectivity index (χ0) is 24.1. The predicted octanol–water partition coefficient (Wildman–Crippen LogP) is 0.780. The molecule has 0 radical (unpaired) electrons. The van der Waals surface area contributed by atoms with Crippen LogP contribution in [0.15, 0.2) is 33.5 Å². The number of phenolic OH excluding ortho intramolecular Hbond substituents is 1. The predicted molar refractivity (Wildman–Crippen MR) is 114 cm³/mol. The molecule has 1 aromatic heterocycles. The molecule has 4 N–H and O–H groups in total. The van der Waals surface area contributed by atoms with Gasteiger partial charge in [0.1, 0.15) is 35.6 Å². The molecule has 1 aliphatic heterocycles. The molecule has 33 heavy (non-hydrogen) atoms. The Morgan fingerprint density at radius 3 is 2.58 bits per heavy atom. The molecular weight excluding hydrogens is 440 g/mol. The highest BCUT2D eigenvalue weighted by atomic mass is 17.2. The molecule has 1 fully saturated rings. The summed E-state index contributed by atoms with van der Waals surface area (Å²) in [6.07, 6.45) is -1.92. The monoisotopic (exact) mass is 468 g/mol. The van der Waals surface area contributed by atoms with Gasteiger partial charge in [0.2, 0.25) is 12.0 Å². The summed E-state index contributed by atoms with van der Waals surface area (Å²) in [4.78, 5) is 21.9. The first-order valence-corrected chi connectivity index (χ1v) is 10.3. The lowest BCUT2D eigenvalue weighted by atomic mass is 9.99. The van der Waals surface area contributed by atoms with Crippen LogP contribution in [-0.4, -0.2) is 72.0 Å². The summed E-state index contributed by atoms with van der Waals surface area (Å²) in [5.74, 6) is -0.363. The standard InChI is InChI=1S/C22H28O11/c1-4-5-6-7-12-8-11-9-13(19(28-2)16(24)15(11)21(27)30-12)31-22-18(26)17(25)20(33-29-3)14(10-23)32-22/h4-5,8-9,14,17-18,20,22-26H,6-7,10H2,1-3H3/b5-4+/t14-,17-,18-,20-,22-/m1/s1. The van der Waals surface area contributed by atoms with E-state index in [1.54, 1.807) is 6.07 Å². The van der Waals surface area contributed by atoms with E-state index in [1.165, 1.54) is 20.3 Å². The summed E-state index contributed by atoms with van der Waals surface area (Å²) < 4.78 is 21.8. The van der Waals surface area contributed by atoms with Crippen LogP contribution in [0.4, 0.5) is 0 Å². The molecule has 0 spiro atoms. The van der Waals surface area contributed by atoms with Crippen molar-refractivity contribution in [3.63, 3.8) is 0 Å². The van der Waals surface area contributed by atoms with Crippen LogP contribution in [0.5, 0.6) is 17.2 Å². The van der Waals surface area contributed by atoms with Gasteiger partial charge in [0.15, 0.2) is 11.5 Å². The van der Waals surface area contributed by atoms with Gasteiger partial charge in [-0.05, 0) is 25.5 Å². The van der Waals surface area contributed by atoms with Crippen LogP contribution in [0.25, 0.3) is 10.8 Å². The van der Waals surface area contributed by atoms with Crippen molar-refractivity contribution >= 4 is 10.8 Å². The minimum Gasteiger partial charge on any atom is -0.504 e. The molecule has 0 unspecified atom stereocenters. The Morgan fingerprint density at radius 1 is 1.18 bits per heavy atom. The molecule has 1 saturated heterocycles. The second-order valence-electron chi connectivity index (χ2n) is 7.38. The van der Waals surface area contributed by atoms with Crippen LogP contribution in [0.2, 0.25) is 0 Å². The van der Waals surface area contributed by atoms with Gasteiger partial charge in [-0.25, -0.2) is 14.6 Å². The van der Waals surface area contributed by atoms with Crippen molar-refractivity contribution in [3.05, 3.63) is 40.5 Å². The number of fused-ring (bicyclic) bond motifs is 1.